The fourth-order valence-corrected chi connectivity index (χ4v) is 4.02. The number of amides is 2. The van der Waals surface area contributed by atoms with Crippen LogP contribution in [-0.2, 0) is 9.59 Å². The van der Waals surface area contributed by atoms with E-state index in [0.29, 0.717) is 48.7 Å². The highest BCUT2D eigenvalue weighted by molar-refractivity contribution is 14.1. The Hall–Kier alpha value is -3.26. The summed E-state index contributed by atoms with van der Waals surface area (Å²) in [6, 6.07) is 18.6. The van der Waals surface area contributed by atoms with Crippen LogP contribution in [0.2, 0.25) is 10.0 Å². The zero-order valence-corrected chi connectivity index (χ0v) is 22.6. The Morgan fingerprint density at radius 2 is 1.56 bits per heavy atom. The third-order valence-electron chi connectivity index (χ3n) is 4.59. The van der Waals surface area contributed by atoms with Gasteiger partial charge in [0, 0.05) is 21.4 Å². The van der Waals surface area contributed by atoms with Gasteiger partial charge >= 0.3 is 0 Å². The molecule has 0 spiro atoms. The van der Waals surface area contributed by atoms with E-state index < -0.39 is 5.91 Å². The second-order valence-corrected chi connectivity index (χ2v) is 9.27. The maximum Gasteiger partial charge on any atom is 0.266 e. The molecular weight excluding hydrogens is 616 g/mol. The number of anilines is 2. The molecule has 0 radical (unpaired) electrons. The smallest absolute Gasteiger partial charge is 0.266 e. The van der Waals surface area contributed by atoms with Crippen LogP contribution in [0.4, 0.5) is 11.4 Å². The number of carbonyl (C=O) groups is 2. The van der Waals surface area contributed by atoms with Gasteiger partial charge in [0.2, 0.25) is 0 Å². The first kappa shape index (κ1) is 27.3. The third-order valence-corrected chi connectivity index (χ3v) is 5.89. The Morgan fingerprint density at radius 1 is 0.972 bits per heavy atom. The van der Waals surface area contributed by atoms with Crippen molar-refractivity contribution in [3.63, 3.8) is 0 Å². The zero-order chi connectivity index (χ0) is 26.1. The van der Waals surface area contributed by atoms with Crippen LogP contribution in [-0.4, -0.2) is 25.0 Å². The number of ether oxygens (including phenoxy) is 2. The van der Waals surface area contributed by atoms with E-state index in [2.05, 4.69) is 10.6 Å². The van der Waals surface area contributed by atoms with Gasteiger partial charge in [-0.2, -0.15) is 5.26 Å². The summed E-state index contributed by atoms with van der Waals surface area (Å²) >= 11 is 13.8. The Balaban J connectivity index is 1.76. The molecule has 0 aliphatic rings. The average molecular weight is 636 g/mol. The monoisotopic (exact) mass is 635 g/mol. The summed E-state index contributed by atoms with van der Waals surface area (Å²) in [4.78, 5) is 24.9. The molecule has 0 bridgehead atoms. The normalized spacial score (nSPS) is 10.8. The standard InChI is InChI=1S/C26H20Cl2IN3O4/c1-2-35-23-13-16(11-17(14-30)26(34)32-21-9-5-19(28)6-10-21)12-22(29)25(23)36-15-24(33)31-20-7-3-18(27)4-8-20/h3-13H,2,15H2,1H3,(H,31,33)(H,32,34)/b17-11+. The van der Waals surface area contributed by atoms with Crippen LogP contribution < -0.4 is 20.1 Å². The van der Waals surface area contributed by atoms with E-state index in [4.69, 9.17) is 32.7 Å². The van der Waals surface area contributed by atoms with Crippen LogP contribution in [0.5, 0.6) is 11.5 Å². The minimum Gasteiger partial charge on any atom is -0.490 e. The summed E-state index contributed by atoms with van der Waals surface area (Å²) in [5.41, 5.74) is 1.56. The number of rotatable bonds is 9. The van der Waals surface area contributed by atoms with Gasteiger partial charge in [0.05, 0.1) is 10.2 Å². The lowest BCUT2D eigenvalue weighted by Crippen LogP contribution is -2.20. The van der Waals surface area contributed by atoms with Crippen molar-refractivity contribution >= 4 is 75.1 Å². The number of nitriles is 1. The van der Waals surface area contributed by atoms with Gasteiger partial charge in [-0.25, -0.2) is 0 Å². The van der Waals surface area contributed by atoms with Crippen molar-refractivity contribution in [2.75, 3.05) is 23.8 Å². The molecule has 3 rings (SSSR count). The predicted molar refractivity (Wildman–Crippen MR) is 150 cm³/mol. The van der Waals surface area contributed by atoms with E-state index in [9.17, 15) is 14.9 Å². The Kier molecular flexibility index (Phi) is 9.99. The summed E-state index contributed by atoms with van der Waals surface area (Å²) in [5, 5.41) is 16.0. The fourth-order valence-electron chi connectivity index (χ4n) is 2.99. The largest absolute Gasteiger partial charge is 0.490 e. The molecule has 2 N–H and O–H groups in total. The third kappa shape index (κ3) is 7.88. The Bertz CT molecular complexity index is 1320. The number of carbonyl (C=O) groups excluding carboxylic acids is 2. The van der Waals surface area contributed by atoms with Crippen LogP contribution >= 0.6 is 45.8 Å². The summed E-state index contributed by atoms with van der Waals surface area (Å²) in [5.74, 6) is -0.160. The van der Waals surface area contributed by atoms with Crippen LogP contribution in [0, 0.1) is 14.9 Å². The van der Waals surface area contributed by atoms with E-state index >= 15 is 0 Å². The van der Waals surface area contributed by atoms with Gasteiger partial charge in [0.25, 0.3) is 11.8 Å². The van der Waals surface area contributed by atoms with Gasteiger partial charge in [0.1, 0.15) is 11.6 Å². The van der Waals surface area contributed by atoms with Crippen molar-refractivity contribution in [1.29, 1.82) is 5.26 Å². The maximum absolute atomic E-state index is 12.6. The van der Waals surface area contributed by atoms with Crippen molar-refractivity contribution in [2.45, 2.75) is 6.92 Å². The van der Waals surface area contributed by atoms with Gasteiger partial charge in [-0.05, 0) is 102 Å². The van der Waals surface area contributed by atoms with Crippen LogP contribution in [0.15, 0.2) is 66.2 Å². The van der Waals surface area contributed by atoms with Crippen molar-refractivity contribution in [2.24, 2.45) is 0 Å². The van der Waals surface area contributed by atoms with E-state index in [0.717, 1.165) is 0 Å². The van der Waals surface area contributed by atoms with Crippen molar-refractivity contribution in [3.05, 3.63) is 85.4 Å². The topological polar surface area (TPSA) is 100 Å². The molecule has 0 aliphatic carbocycles. The van der Waals surface area contributed by atoms with Crippen LogP contribution in [0.1, 0.15) is 12.5 Å². The highest BCUT2D eigenvalue weighted by Crippen LogP contribution is 2.35. The Morgan fingerprint density at radius 3 is 2.11 bits per heavy atom. The second kappa shape index (κ2) is 13.2. The number of hydrogen-bond donors (Lipinski definition) is 2. The molecule has 0 aromatic heterocycles. The highest BCUT2D eigenvalue weighted by atomic mass is 127. The zero-order valence-electron chi connectivity index (χ0n) is 19.0. The lowest BCUT2D eigenvalue weighted by Gasteiger charge is -2.15. The van der Waals surface area contributed by atoms with Crippen LogP contribution in [0.25, 0.3) is 6.08 Å². The fraction of sp³-hybridized carbons (Fsp3) is 0.115. The first-order valence-corrected chi connectivity index (χ1v) is 12.5. The number of nitrogens with one attached hydrogen (secondary N) is 2. The minimum atomic E-state index is -0.563. The lowest BCUT2D eigenvalue weighted by atomic mass is 10.1. The number of nitrogens with zero attached hydrogens (tertiary/aromatic N) is 1. The summed E-state index contributed by atoms with van der Waals surface area (Å²) in [7, 11) is 0. The van der Waals surface area contributed by atoms with Gasteiger partial charge in [-0.3, -0.25) is 9.59 Å². The number of halogens is 3. The molecule has 10 heteroatoms. The molecule has 3 aromatic carbocycles. The van der Waals surface area contributed by atoms with Crippen molar-refractivity contribution < 1.29 is 19.1 Å². The van der Waals surface area contributed by atoms with Gasteiger partial charge in [-0.1, -0.05) is 23.2 Å². The first-order valence-electron chi connectivity index (χ1n) is 10.6. The van der Waals surface area contributed by atoms with Crippen LogP contribution in [0.3, 0.4) is 0 Å². The molecule has 2 amide bonds. The molecule has 0 saturated heterocycles. The molecule has 0 heterocycles. The molecule has 0 atom stereocenters. The molecule has 184 valence electrons. The van der Waals surface area contributed by atoms with E-state index in [1.165, 1.54) is 6.08 Å². The molecule has 3 aromatic rings. The molecule has 0 fully saturated rings. The van der Waals surface area contributed by atoms with E-state index in [1.807, 2.05) is 35.6 Å². The SMILES string of the molecule is CCOc1cc(/C=C(\C#N)C(=O)Nc2ccc(Cl)cc2)cc(I)c1OCC(=O)Nc1ccc(Cl)cc1. The highest BCUT2D eigenvalue weighted by Gasteiger charge is 2.16. The van der Waals surface area contributed by atoms with Crippen molar-refractivity contribution in [3.8, 4) is 17.6 Å². The molecule has 0 unspecified atom stereocenters. The molecule has 36 heavy (non-hydrogen) atoms. The summed E-state index contributed by atoms with van der Waals surface area (Å²) in [6.45, 7) is 1.91. The number of hydrogen-bond acceptors (Lipinski definition) is 5. The molecule has 7 nitrogen and oxygen atoms in total. The molecule has 0 saturated carbocycles. The average Bonchev–Trinajstić information content (AvgIpc) is 2.85. The van der Waals surface area contributed by atoms with E-state index in [1.54, 1.807) is 60.7 Å². The maximum atomic E-state index is 12.6. The summed E-state index contributed by atoms with van der Waals surface area (Å²) < 4.78 is 12.1. The Labute approximate surface area is 232 Å². The first-order chi connectivity index (χ1) is 17.3. The van der Waals surface area contributed by atoms with Gasteiger partial charge in [-0.15, -0.1) is 0 Å². The van der Waals surface area contributed by atoms with Crippen molar-refractivity contribution in [1.82, 2.24) is 0 Å². The predicted octanol–water partition coefficient (Wildman–Crippen LogP) is 6.56. The second-order valence-electron chi connectivity index (χ2n) is 7.24. The van der Waals surface area contributed by atoms with Gasteiger partial charge < -0.3 is 20.1 Å². The minimum absolute atomic E-state index is 0.0980. The van der Waals surface area contributed by atoms with Gasteiger partial charge in [0.15, 0.2) is 18.1 Å². The molecule has 0 aliphatic heterocycles. The number of benzene rings is 3. The lowest BCUT2D eigenvalue weighted by molar-refractivity contribution is -0.118. The summed E-state index contributed by atoms with van der Waals surface area (Å²) in [6.07, 6.45) is 1.45. The quantitative estimate of drug-likeness (QED) is 0.158. The van der Waals surface area contributed by atoms with E-state index in [-0.39, 0.29) is 18.1 Å². The molecular formula is C26H20Cl2IN3O4.